The Labute approximate surface area is 113 Å². The largest absolute Gasteiger partial charge is 0.564 e. The first-order valence-electron chi connectivity index (χ1n) is 4.84. The van der Waals surface area contributed by atoms with Gasteiger partial charge in [-0.05, 0) is 27.2 Å². The van der Waals surface area contributed by atoms with Crippen molar-refractivity contribution in [3.8, 4) is 0 Å². The Bertz CT molecular complexity index is 158. The molecule has 1 N–H and O–H groups in total. The fourth-order valence-corrected chi connectivity index (χ4v) is 1.84. The molecule has 1 saturated heterocycles. The van der Waals surface area contributed by atoms with Crippen LogP contribution in [0.25, 0.3) is 0 Å². The molecule has 1 rings (SSSR count). The fourth-order valence-electron chi connectivity index (χ4n) is 1.84. The van der Waals surface area contributed by atoms with Gasteiger partial charge in [0.1, 0.15) is 0 Å². The maximum absolute atomic E-state index is 9.32. The summed E-state index contributed by atoms with van der Waals surface area (Å²) in [6, 6.07) is 0. The molecule has 0 aromatic rings. The summed E-state index contributed by atoms with van der Waals surface area (Å²) in [5, 5.41) is 9.32. The number of piperidine rings is 1. The Morgan fingerprint density at radius 1 is 1.36 bits per heavy atom. The van der Waals surface area contributed by atoms with Gasteiger partial charge in [-0.1, -0.05) is 12.8 Å². The molecule has 0 spiro atoms. The van der Waals surface area contributed by atoms with Gasteiger partial charge in [0.25, 0.3) is 0 Å². The minimum absolute atomic E-state index is 0. The molecule has 1 radical (unpaired) electrons. The summed E-state index contributed by atoms with van der Waals surface area (Å²) in [5.74, 6) is 0. The van der Waals surface area contributed by atoms with Gasteiger partial charge in [-0.25, -0.2) is 0 Å². The van der Waals surface area contributed by atoms with Crippen molar-refractivity contribution in [3.05, 3.63) is 13.2 Å². The SMILES string of the molecule is C[CH-]N(C)C1([CH-]O)CCN(C)CC1.[Y]. The van der Waals surface area contributed by atoms with Crippen molar-refractivity contribution in [2.45, 2.75) is 25.3 Å². The maximum atomic E-state index is 9.32. The third-order valence-electron chi connectivity index (χ3n) is 3.18. The molecule has 3 nitrogen and oxygen atoms in total. The number of likely N-dealkylation sites (tertiary alicyclic amines) is 1. The van der Waals surface area contributed by atoms with E-state index in [-0.39, 0.29) is 38.2 Å². The summed E-state index contributed by atoms with van der Waals surface area (Å²) in [4.78, 5) is 4.41. The van der Waals surface area contributed by atoms with Crippen molar-refractivity contribution in [2.75, 3.05) is 27.2 Å². The minimum atomic E-state index is -0.124. The molecule has 1 aliphatic heterocycles. The third-order valence-corrected chi connectivity index (χ3v) is 3.18. The summed E-state index contributed by atoms with van der Waals surface area (Å²) in [5.41, 5.74) is -0.124. The van der Waals surface area contributed by atoms with Crippen LogP contribution in [-0.4, -0.2) is 47.6 Å². The second-order valence-corrected chi connectivity index (χ2v) is 3.91. The van der Waals surface area contributed by atoms with Crippen LogP contribution in [0.2, 0.25) is 0 Å². The smallest absolute Gasteiger partial charge is 0 e. The molecule has 0 unspecified atom stereocenters. The minimum Gasteiger partial charge on any atom is -0.564 e. The normalized spacial score (nSPS) is 22.1. The van der Waals surface area contributed by atoms with E-state index in [0.717, 1.165) is 25.9 Å². The summed E-state index contributed by atoms with van der Waals surface area (Å²) in [6.07, 6.45) is 2.00. The van der Waals surface area contributed by atoms with E-state index in [1.54, 1.807) is 0 Å². The number of nitrogens with zero attached hydrogens (tertiary/aromatic N) is 2. The monoisotopic (exact) mass is 273 g/mol. The number of hydrogen-bond acceptors (Lipinski definition) is 3. The summed E-state index contributed by atoms with van der Waals surface area (Å²) in [7, 11) is 4.15. The Balaban J connectivity index is 0.00000169. The molecule has 4 heteroatoms. The van der Waals surface area contributed by atoms with E-state index in [1.165, 1.54) is 6.61 Å². The Kier molecular flexibility index (Phi) is 7.00. The molecule has 1 fully saturated rings. The third kappa shape index (κ3) is 3.24. The van der Waals surface area contributed by atoms with Crippen molar-refractivity contribution in [1.29, 1.82) is 0 Å². The summed E-state index contributed by atoms with van der Waals surface area (Å²) < 4.78 is 0. The molecule has 0 atom stereocenters. The van der Waals surface area contributed by atoms with Gasteiger partial charge in [-0.15, -0.1) is 5.54 Å². The number of rotatable bonds is 3. The first kappa shape index (κ1) is 15.0. The van der Waals surface area contributed by atoms with Crippen LogP contribution >= 0.6 is 0 Å². The molecule has 1 aliphatic rings. The zero-order chi connectivity index (χ0) is 9.90. The molecule has 0 bridgehead atoms. The number of aliphatic hydroxyl groups is 1. The molecule has 0 amide bonds. The van der Waals surface area contributed by atoms with Crippen molar-refractivity contribution in [2.24, 2.45) is 0 Å². The molecule has 0 aromatic heterocycles. The Morgan fingerprint density at radius 2 is 1.86 bits per heavy atom. The summed E-state index contributed by atoms with van der Waals surface area (Å²) in [6.45, 7) is 7.49. The van der Waals surface area contributed by atoms with Crippen LogP contribution in [0.4, 0.5) is 0 Å². The van der Waals surface area contributed by atoms with Gasteiger partial charge in [0.05, 0.1) is 0 Å². The van der Waals surface area contributed by atoms with Crippen molar-refractivity contribution in [1.82, 2.24) is 9.80 Å². The second-order valence-electron chi connectivity index (χ2n) is 3.91. The van der Waals surface area contributed by atoms with E-state index in [9.17, 15) is 5.11 Å². The van der Waals surface area contributed by atoms with Crippen LogP contribution in [-0.2, 0) is 32.7 Å². The fraction of sp³-hybridized carbons (Fsp3) is 0.800. The van der Waals surface area contributed by atoms with Gasteiger partial charge in [-0.3, -0.25) is 6.54 Å². The molecule has 0 saturated carbocycles. The van der Waals surface area contributed by atoms with E-state index >= 15 is 0 Å². The molecule has 1 heterocycles. The number of likely N-dealkylation sites (N-methyl/N-ethyl adjacent to an activating group) is 1. The Hall–Kier alpha value is 0.984. The molecule has 0 aliphatic carbocycles. The first-order valence-corrected chi connectivity index (χ1v) is 4.84. The van der Waals surface area contributed by atoms with E-state index in [1.807, 2.05) is 20.5 Å². The van der Waals surface area contributed by atoms with E-state index in [2.05, 4.69) is 16.8 Å². The zero-order valence-electron chi connectivity index (χ0n) is 9.40. The average Bonchev–Trinajstić information content (AvgIpc) is 2.18. The molecule has 0 aromatic carbocycles. The first-order chi connectivity index (χ1) is 6.14. The molecule has 14 heavy (non-hydrogen) atoms. The van der Waals surface area contributed by atoms with Crippen LogP contribution < -0.4 is 0 Å². The van der Waals surface area contributed by atoms with Crippen LogP contribution in [0.3, 0.4) is 0 Å². The topological polar surface area (TPSA) is 26.7 Å². The zero-order valence-corrected chi connectivity index (χ0v) is 12.2. The van der Waals surface area contributed by atoms with Gasteiger partial charge in [0.15, 0.2) is 0 Å². The average molecular weight is 273 g/mol. The molecular formula is C10H20N2OY-2. The van der Waals surface area contributed by atoms with Crippen LogP contribution in [0.1, 0.15) is 19.8 Å². The predicted octanol–water partition coefficient (Wildman–Crippen LogP) is 1.10. The van der Waals surface area contributed by atoms with Crippen molar-refractivity contribution >= 4 is 0 Å². The summed E-state index contributed by atoms with van der Waals surface area (Å²) >= 11 is 0. The van der Waals surface area contributed by atoms with Gasteiger partial charge < -0.3 is 14.9 Å². The van der Waals surface area contributed by atoms with Gasteiger partial charge in [-0.2, -0.15) is 13.5 Å². The molecule has 81 valence electrons. The standard InChI is InChI=1S/C10H20N2O.Y/c1-4-12(3)10(9-13)5-7-11(2)8-6-10;/h4,9,13H,5-8H2,1-3H3;/q-2;. The molecular weight excluding hydrogens is 253 g/mol. The number of hydrogen-bond donors (Lipinski definition) is 1. The van der Waals surface area contributed by atoms with E-state index < -0.39 is 0 Å². The van der Waals surface area contributed by atoms with Gasteiger partial charge in [0, 0.05) is 32.7 Å². The van der Waals surface area contributed by atoms with E-state index in [4.69, 9.17) is 0 Å². The second kappa shape index (κ2) is 6.54. The van der Waals surface area contributed by atoms with Gasteiger partial charge >= 0.3 is 0 Å². The van der Waals surface area contributed by atoms with Crippen molar-refractivity contribution < 1.29 is 37.8 Å². The van der Waals surface area contributed by atoms with Crippen LogP contribution in [0.15, 0.2) is 0 Å². The van der Waals surface area contributed by atoms with E-state index in [0.29, 0.717) is 0 Å². The quantitative estimate of drug-likeness (QED) is 0.780. The number of aliphatic hydroxyl groups excluding tert-OH is 1. The predicted molar refractivity (Wildman–Crippen MR) is 53.4 cm³/mol. The van der Waals surface area contributed by atoms with Crippen molar-refractivity contribution in [3.63, 3.8) is 0 Å². The van der Waals surface area contributed by atoms with Crippen LogP contribution in [0, 0.1) is 13.2 Å². The maximum Gasteiger partial charge on any atom is 0 e. The Morgan fingerprint density at radius 3 is 2.21 bits per heavy atom. The van der Waals surface area contributed by atoms with Crippen LogP contribution in [0.5, 0.6) is 0 Å². The van der Waals surface area contributed by atoms with Gasteiger partial charge in [0.2, 0.25) is 0 Å².